The van der Waals surface area contributed by atoms with E-state index in [9.17, 15) is 0 Å². The number of imidazole rings is 1. The second-order valence-corrected chi connectivity index (χ2v) is 5.12. The van der Waals surface area contributed by atoms with E-state index < -0.39 is 0 Å². The minimum Gasteiger partial charge on any atom is -0.398 e. The molecule has 2 N–H and O–H groups in total. The average Bonchev–Trinajstić information content (AvgIpc) is 2.68. The molecule has 1 aromatic rings. The summed E-state index contributed by atoms with van der Waals surface area (Å²) < 4.78 is 0. The van der Waals surface area contributed by atoms with Gasteiger partial charge in [-0.3, -0.25) is 0 Å². The molecule has 3 rings (SSSR count). The zero-order valence-corrected chi connectivity index (χ0v) is 11.1. The van der Waals surface area contributed by atoms with Crippen LogP contribution in [0.3, 0.4) is 0 Å². The van der Waals surface area contributed by atoms with Gasteiger partial charge in [-0.2, -0.15) is 0 Å². The molecule has 0 spiro atoms. The Balaban J connectivity index is 1.80. The van der Waals surface area contributed by atoms with Crippen molar-refractivity contribution in [1.82, 2.24) is 9.97 Å². The fourth-order valence-corrected chi connectivity index (χ4v) is 2.69. The summed E-state index contributed by atoms with van der Waals surface area (Å²) in [7, 11) is 0. The molecule has 0 saturated heterocycles. The monoisotopic (exact) mass is 267 g/mol. The molecule has 1 aliphatic heterocycles. The lowest BCUT2D eigenvalue weighted by Gasteiger charge is -2.02. The Morgan fingerprint density at radius 1 is 0.842 bits per heavy atom. The number of fused-ring (bicyclic) bond motifs is 1. The molecule has 19 heavy (non-hydrogen) atoms. The van der Waals surface area contributed by atoms with Gasteiger partial charge in [0, 0.05) is 11.4 Å². The molecule has 1 aliphatic carbocycles. The van der Waals surface area contributed by atoms with Gasteiger partial charge in [-0.25, -0.2) is 9.97 Å². The van der Waals surface area contributed by atoms with Crippen LogP contribution in [0.25, 0.3) is 11.4 Å². The van der Waals surface area contributed by atoms with Crippen LogP contribution < -0.4 is 5.73 Å². The molecule has 3 nitrogen and oxygen atoms in total. The maximum absolute atomic E-state index is 5.92. The first-order valence-electron chi connectivity index (χ1n) is 6.02. The first-order valence-corrected chi connectivity index (χ1v) is 7.00. The van der Waals surface area contributed by atoms with Crippen molar-refractivity contribution in [2.45, 2.75) is 10.9 Å². The summed E-state index contributed by atoms with van der Waals surface area (Å²) in [6.45, 7) is 0. The third-order valence-corrected chi connectivity index (χ3v) is 3.73. The zero-order chi connectivity index (χ0) is 13.1. The molecular formula is C15H13N3S. The Bertz CT molecular complexity index is 638. The predicted molar refractivity (Wildman–Crippen MR) is 79.1 cm³/mol. The van der Waals surface area contributed by atoms with Gasteiger partial charge in [0.25, 0.3) is 0 Å². The summed E-state index contributed by atoms with van der Waals surface area (Å²) in [6.07, 6.45) is 0. The van der Waals surface area contributed by atoms with Gasteiger partial charge in [0.05, 0.1) is 11.4 Å². The molecule has 0 aromatic heterocycles. The molecule has 1 aromatic carbocycles. The van der Waals surface area contributed by atoms with Crippen LogP contribution in [-0.2, 0) is 5.75 Å². The number of thioether (sulfide) groups is 1. The van der Waals surface area contributed by atoms with Crippen molar-refractivity contribution in [3.63, 3.8) is 0 Å². The van der Waals surface area contributed by atoms with E-state index in [2.05, 4.69) is 9.97 Å². The van der Waals surface area contributed by atoms with E-state index in [1.54, 1.807) is 11.8 Å². The normalized spacial score (nSPS) is 10.7. The second-order valence-electron chi connectivity index (χ2n) is 4.17. The highest BCUT2D eigenvalue weighted by Gasteiger charge is 2.09. The number of hydrogen-bond acceptors (Lipinski definition) is 4. The number of nitrogen functional groups attached to an aromatic ring is 1. The highest BCUT2D eigenvalue weighted by Crippen LogP contribution is 2.27. The van der Waals surface area contributed by atoms with Crippen molar-refractivity contribution in [1.29, 1.82) is 0 Å². The van der Waals surface area contributed by atoms with Crippen LogP contribution in [0, 0.1) is 0 Å². The number of aromatic nitrogens is 2. The fraction of sp³-hybridized carbons (Fsp3) is 0.0667. The Morgan fingerprint density at radius 2 is 1.47 bits per heavy atom. The molecule has 0 bridgehead atoms. The molecule has 2 aliphatic rings. The largest absolute Gasteiger partial charge is 0.398 e. The van der Waals surface area contributed by atoms with Crippen molar-refractivity contribution in [3.05, 3.63) is 60.2 Å². The number of nitrogens with two attached hydrogens (primary N) is 1. The number of para-hydroxylation sites is 1. The lowest BCUT2D eigenvalue weighted by Crippen LogP contribution is -1.91. The number of rotatable bonds is 3. The number of benzene rings is 1. The van der Waals surface area contributed by atoms with Gasteiger partial charge >= 0.3 is 0 Å². The quantitative estimate of drug-likeness (QED) is 0.583. The SMILES string of the molecule is Nc1ccccc1CSc1nc2cccccc-2n1. The van der Waals surface area contributed by atoms with E-state index in [1.165, 1.54) is 0 Å². The second kappa shape index (κ2) is 5.28. The Labute approximate surface area is 116 Å². The fourth-order valence-electron chi connectivity index (χ4n) is 1.82. The van der Waals surface area contributed by atoms with Gasteiger partial charge in [-0.15, -0.1) is 0 Å². The van der Waals surface area contributed by atoms with E-state index in [4.69, 9.17) is 5.73 Å². The van der Waals surface area contributed by atoms with Gasteiger partial charge in [-0.05, 0) is 23.8 Å². The third kappa shape index (κ3) is 2.69. The zero-order valence-electron chi connectivity index (χ0n) is 10.3. The van der Waals surface area contributed by atoms with Crippen LogP contribution in [0.5, 0.6) is 0 Å². The van der Waals surface area contributed by atoms with Gasteiger partial charge in [-0.1, -0.05) is 48.2 Å². The van der Waals surface area contributed by atoms with Gasteiger partial charge in [0.15, 0.2) is 5.16 Å². The van der Waals surface area contributed by atoms with Gasteiger partial charge in [0.1, 0.15) is 0 Å². The lowest BCUT2D eigenvalue weighted by atomic mass is 10.2. The number of hydrogen-bond donors (Lipinski definition) is 1. The topological polar surface area (TPSA) is 51.8 Å². The standard InChI is InChI=1S/C15H13N3S/c16-12-7-5-4-6-11(12)10-19-15-17-13-8-2-1-3-9-14(13)18-15/h1-9H,10,16H2. The van der Waals surface area contributed by atoms with Crippen molar-refractivity contribution in [2.75, 3.05) is 5.73 Å². The summed E-state index contributed by atoms with van der Waals surface area (Å²) in [5, 5.41) is 0.796. The summed E-state index contributed by atoms with van der Waals surface area (Å²) in [5.74, 6) is 0.787. The Morgan fingerprint density at radius 3 is 2.16 bits per heavy atom. The molecule has 1 heterocycles. The lowest BCUT2D eigenvalue weighted by molar-refractivity contribution is 1.07. The van der Waals surface area contributed by atoms with Crippen molar-refractivity contribution in [2.24, 2.45) is 0 Å². The molecule has 0 unspecified atom stereocenters. The average molecular weight is 267 g/mol. The van der Waals surface area contributed by atoms with Crippen LogP contribution in [-0.4, -0.2) is 9.97 Å². The molecule has 4 heteroatoms. The van der Waals surface area contributed by atoms with E-state index >= 15 is 0 Å². The molecule has 94 valence electrons. The number of nitrogens with zero attached hydrogens (tertiary/aromatic N) is 2. The van der Waals surface area contributed by atoms with Gasteiger partial charge < -0.3 is 5.73 Å². The highest BCUT2D eigenvalue weighted by atomic mass is 32.2. The molecule has 0 atom stereocenters. The summed E-state index contributed by atoms with van der Waals surface area (Å²) >= 11 is 1.61. The molecule has 0 amide bonds. The van der Waals surface area contributed by atoms with E-state index in [0.29, 0.717) is 0 Å². The van der Waals surface area contributed by atoms with Crippen LogP contribution >= 0.6 is 11.8 Å². The minimum absolute atomic E-state index is 0.787. The van der Waals surface area contributed by atoms with Gasteiger partial charge in [0.2, 0.25) is 0 Å². The molecule has 0 fully saturated rings. The maximum Gasteiger partial charge on any atom is 0.189 e. The Hall–Kier alpha value is -2.07. The smallest absolute Gasteiger partial charge is 0.189 e. The predicted octanol–water partition coefficient (Wildman–Crippen LogP) is 3.46. The summed E-state index contributed by atoms with van der Waals surface area (Å²) in [5.41, 5.74) is 9.71. The van der Waals surface area contributed by atoms with Crippen LogP contribution in [0.1, 0.15) is 5.56 Å². The first-order chi connectivity index (χ1) is 9.33. The highest BCUT2D eigenvalue weighted by molar-refractivity contribution is 7.98. The Kier molecular flexibility index (Phi) is 3.33. The van der Waals surface area contributed by atoms with Crippen LogP contribution in [0.2, 0.25) is 0 Å². The molecule has 0 radical (unpaired) electrons. The van der Waals surface area contributed by atoms with E-state index in [1.807, 2.05) is 54.6 Å². The van der Waals surface area contributed by atoms with Crippen molar-refractivity contribution >= 4 is 17.4 Å². The maximum atomic E-state index is 5.92. The summed E-state index contributed by atoms with van der Waals surface area (Å²) in [6, 6.07) is 17.8. The number of anilines is 1. The minimum atomic E-state index is 0.787. The van der Waals surface area contributed by atoms with Crippen LogP contribution in [0.15, 0.2) is 59.8 Å². The third-order valence-electron chi connectivity index (χ3n) is 2.84. The van der Waals surface area contributed by atoms with Crippen molar-refractivity contribution < 1.29 is 0 Å². The van der Waals surface area contributed by atoms with Crippen LogP contribution in [0.4, 0.5) is 5.69 Å². The van der Waals surface area contributed by atoms with E-state index in [0.717, 1.165) is 33.5 Å². The molecule has 0 saturated carbocycles. The van der Waals surface area contributed by atoms with Crippen molar-refractivity contribution in [3.8, 4) is 11.4 Å². The first kappa shape index (κ1) is 12.0. The molecular weight excluding hydrogens is 254 g/mol. The van der Waals surface area contributed by atoms with E-state index in [-0.39, 0.29) is 0 Å². The summed E-state index contributed by atoms with van der Waals surface area (Å²) in [4.78, 5) is 9.02.